The van der Waals surface area contributed by atoms with Crippen molar-refractivity contribution >= 4 is 35.5 Å². The highest BCUT2D eigenvalue weighted by Gasteiger charge is 2.29. The number of azide groups is 1. The van der Waals surface area contributed by atoms with E-state index in [1.165, 1.54) is 7.05 Å². The molecular weight excluding hydrogens is 488 g/mol. The minimum Gasteiger partial charge on any atom is -0.481 e. The lowest BCUT2D eigenvalue weighted by Gasteiger charge is -2.26. The molecule has 37 heavy (non-hydrogen) atoms. The van der Waals surface area contributed by atoms with Crippen molar-refractivity contribution in [3.05, 3.63) is 40.3 Å². The standard InChI is InChI=1S/C23H32N6O8/c1-29(23(37)26-17(21(33)34)12-13-20(31)32)18(22(35)36)6-2-3-14-25-19(30)7-4-5-15-8-10-16(11-9-15)27-28-24/h8-11,17-18H,2-7,12-14H2,1H3,(H,25,30)(H,26,37)(H,31,32)(H,33,34)(H,35,36)/t17-,18-/m0/s1. The Balaban J connectivity index is 2.37. The van der Waals surface area contributed by atoms with Crippen LogP contribution in [0.1, 0.15) is 50.5 Å². The lowest BCUT2D eigenvalue weighted by atomic mass is 10.1. The van der Waals surface area contributed by atoms with E-state index in [4.69, 9.17) is 15.7 Å². The van der Waals surface area contributed by atoms with Crippen LogP contribution in [-0.4, -0.2) is 75.7 Å². The smallest absolute Gasteiger partial charge is 0.326 e. The third kappa shape index (κ3) is 12.3. The molecule has 0 aliphatic carbocycles. The number of nitrogens with zero attached hydrogens (tertiary/aromatic N) is 4. The zero-order valence-electron chi connectivity index (χ0n) is 20.5. The molecule has 1 aromatic rings. The molecule has 5 N–H and O–H groups in total. The number of carboxylic acids is 3. The molecule has 1 rings (SSSR count). The van der Waals surface area contributed by atoms with Crippen LogP contribution in [-0.2, 0) is 25.6 Å². The Morgan fingerprint density at radius 2 is 1.65 bits per heavy atom. The molecule has 0 radical (unpaired) electrons. The van der Waals surface area contributed by atoms with Crippen LogP contribution in [0.4, 0.5) is 10.5 Å². The van der Waals surface area contributed by atoms with Crippen LogP contribution in [0.3, 0.4) is 0 Å². The van der Waals surface area contributed by atoms with Gasteiger partial charge in [-0.2, -0.15) is 0 Å². The Morgan fingerprint density at radius 3 is 2.22 bits per heavy atom. The van der Waals surface area contributed by atoms with Gasteiger partial charge in [0.25, 0.3) is 0 Å². The molecule has 0 saturated heterocycles. The van der Waals surface area contributed by atoms with Gasteiger partial charge in [-0.3, -0.25) is 9.59 Å². The van der Waals surface area contributed by atoms with Crippen LogP contribution in [0.5, 0.6) is 0 Å². The minimum atomic E-state index is -1.47. The van der Waals surface area contributed by atoms with Gasteiger partial charge in [-0.25, -0.2) is 14.4 Å². The summed E-state index contributed by atoms with van der Waals surface area (Å²) in [5.41, 5.74) is 9.93. The number of carbonyl (C=O) groups excluding carboxylic acids is 2. The second-order valence-electron chi connectivity index (χ2n) is 8.29. The molecule has 0 heterocycles. The fourth-order valence-electron chi connectivity index (χ4n) is 3.41. The summed E-state index contributed by atoms with van der Waals surface area (Å²) in [6, 6.07) is 3.43. The van der Waals surface area contributed by atoms with Crippen molar-refractivity contribution in [3.63, 3.8) is 0 Å². The topological polar surface area (TPSA) is 222 Å². The molecule has 3 amide bonds. The number of urea groups is 1. The first kappa shape index (κ1) is 30.7. The highest BCUT2D eigenvalue weighted by atomic mass is 16.4. The Bertz CT molecular complexity index is 993. The van der Waals surface area contributed by atoms with Crippen molar-refractivity contribution < 1.29 is 39.3 Å². The molecule has 0 aliphatic rings. The molecule has 0 aliphatic heterocycles. The maximum Gasteiger partial charge on any atom is 0.326 e. The Labute approximate surface area is 213 Å². The van der Waals surface area contributed by atoms with Crippen molar-refractivity contribution in [2.75, 3.05) is 13.6 Å². The molecule has 0 saturated carbocycles. The maximum absolute atomic E-state index is 12.3. The second kappa shape index (κ2) is 16.4. The van der Waals surface area contributed by atoms with Crippen LogP contribution in [0.15, 0.2) is 29.4 Å². The van der Waals surface area contributed by atoms with Gasteiger partial charge in [0.2, 0.25) is 5.91 Å². The molecule has 2 atom stereocenters. The molecule has 0 bridgehead atoms. The fourth-order valence-corrected chi connectivity index (χ4v) is 3.41. The SMILES string of the molecule is CN(C(=O)N[C@@H](CCC(=O)O)C(=O)O)[C@@H](CCCCNC(=O)CCCc1ccc(N=[N+]=[N-])cc1)C(=O)O. The number of likely N-dealkylation sites (N-methyl/N-ethyl adjacent to an activating group) is 1. The number of rotatable bonds is 17. The summed E-state index contributed by atoms with van der Waals surface area (Å²) in [5.74, 6) is -4.05. The highest BCUT2D eigenvalue weighted by Crippen LogP contribution is 2.15. The lowest BCUT2D eigenvalue weighted by molar-refractivity contribution is -0.142. The first-order valence-electron chi connectivity index (χ1n) is 11.7. The summed E-state index contributed by atoms with van der Waals surface area (Å²) in [6.07, 6.45) is 1.73. The van der Waals surface area contributed by atoms with Gasteiger partial charge in [0, 0.05) is 37.0 Å². The van der Waals surface area contributed by atoms with Gasteiger partial charge in [-0.05, 0) is 49.6 Å². The summed E-state index contributed by atoms with van der Waals surface area (Å²) in [4.78, 5) is 61.5. The first-order chi connectivity index (χ1) is 17.5. The number of carbonyl (C=O) groups is 5. The molecule has 0 unspecified atom stereocenters. The van der Waals surface area contributed by atoms with Crippen LogP contribution in [0, 0.1) is 0 Å². The van der Waals surface area contributed by atoms with Gasteiger partial charge in [0.1, 0.15) is 12.1 Å². The largest absolute Gasteiger partial charge is 0.481 e. The van der Waals surface area contributed by atoms with Crippen LogP contribution < -0.4 is 10.6 Å². The summed E-state index contributed by atoms with van der Waals surface area (Å²) in [6.45, 7) is 0.332. The predicted molar refractivity (Wildman–Crippen MR) is 131 cm³/mol. The molecule has 202 valence electrons. The second-order valence-corrected chi connectivity index (χ2v) is 8.29. The van der Waals surface area contributed by atoms with E-state index in [0.29, 0.717) is 44.3 Å². The third-order valence-electron chi connectivity index (χ3n) is 5.51. The Kier molecular flexibility index (Phi) is 13.6. The summed E-state index contributed by atoms with van der Waals surface area (Å²) in [5, 5.41) is 35.8. The molecule has 0 spiro atoms. The van der Waals surface area contributed by atoms with Gasteiger partial charge in [0.05, 0.1) is 0 Å². The van der Waals surface area contributed by atoms with E-state index in [-0.39, 0.29) is 18.7 Å². The number of aryl methyl sites for hydroxylation is 1. The fraction of sp³-hybridized carbons (Fsp3) is 0.522. The molecule has 14 nitrogen and oxygen atoms in total. The molecule has 0 fully saturated rings. The number of aliphatic carboxylic acids is 3. The highest BCUT2D eigenvalue weighted by molar-refractivity contribution is 5.86. The van der Waals surface area contributed by atoms with E-state index in [2.05, 4.69) is 20.7 Å². The van der Waals surface area contributed by atoms with E-state index in [0.717, 1.165) is 10.5 Å². The van der Waals surface area contributed by atoms with Gasteiger partial charge in [-0.1, -0.05) is 29.4 Å². The average molecular weight is 521 g/mol. The normalized spacial score (nSPS) is 11.9. The Morgan fingerprint density at radius 1 is 0.973 bits per heavy atom. The molecule has 1 aromatic carbocycles. The predicted octanol–water partition coefficient (Wildman–Crippen LogP) is 2.65. The number of nitrogens with one attached hydrogen (secondary N) is 2. The van der Waals surface area contributed by atoms with Gasteiger partial charge in [0.15, 0.2) is 0 Å². The Hall–Kier alpha value is -4.32. The van der Waals surface area contributed by atoms with Gasteiger partial charge in [-0.15, -0.1) is 0 Å². The van der Waals surface area contributed by atoms with Crippen molar-refractivity contribution in [1.29, 1.82) is 0 Å². The van der Waals surface area contributed by atoms with E-state index >= 15 is 0 Å². The average Bonchev–Trinajstić information content (AvgIpc) is 2.84. The minimum absolute atomic E-state index is 0.0772. The van der Waals surface area contributed by atoms with Gasteiger partial charge >= 0.3 is 23.9 Å². The van der Waals surface area contributed by atoms with Crippen molar-refractivity contribution in [3.8, 4) is 0 Å². The van der Waals surface area contributed by atoms with Crippen LogP contribution >= 0.6 is 0 Å². The van der Waals surface area contributed by atoms with E-state index in [1.54, 1.807) is 12.1 Å². The summed E-state index contributed by atoms with van der Waals surface area (Å²) in [7, 11) is 1.22. The molecule has 14 heteroatoms. The maximum atomic E-state index is 12.3. The number of hydrogen-bond donors (Lipinski definition) is 5. The van der Waals surface area contributed by atoms with Crippen molar-refractivity contribution in [2.24, 2.45) is 5.11 Å². The third-order valence-corrected chi connectivity index (χ3v) is 5.51. The zero-order valence-corrected chi connectivity index (χ0v) is 20.5. The number of benzene rings is 1. The number of carboxylic acid groups (broad SMARTS) is 3. The van der Waals surface area contributed by atoms with Crippen molar-refractivity contribution in [1.82, 2.24) is 15.5 Å². The van der Waals surface area contributed by atoms with E-state index < -0.39 is 42.4 Å². The number of unbranched alkanes of at least 4 members (excludes halogenated alkanes) is 1. The lowest BCUT2D eigenvalue weighted by Crippen LogP contribution is -2.52. The van der Waals surface area contributed by atoms with Crippen molar-refractivity contribution in [2.45, 2.75) is 63.5 Å². The zero-order chi connectivity index (χ0) is 27.8. The number of hydrogen-bond acceptors (Lipinski definition) is 6. The van der Waals surface area contributed by atoms with Crippen LogP contribution in [0.2, 0.25) is 0 Å². The van der Waals surface area contributed by atoms with Crippen LogP contribution in [0.25, 0.3) is 10.4 Å². The van der Waals surface area contributed by atoms with E-state index in [9.17, 15) is 29.1 Å². The summed E-state index contributed by atoms with van der Waals surface area (Å²) >= 11 is 0. The molecule has 0 aromatic heterocycles. The quantitative estimate of drug-likeness (QED) is 0.0886. The first-order valence-corrected chi connectivity index (χ1v) is 11.7. The van der Waals surface area contributed by atoms with Gasteiger partial charge < -0.3 is 30.9 Å². The number of amides is 3. The summed E-state index contributed by atoms with van der Waals surface area (Å²) < 4.78 is 0. The monoisotopic (exact) mass is 520 g/mol. The van der Waals surface area contributed by atoms with E-state index in [1.807, 2.05) is 12.1 Å². The molecular formula is C23H32N6O8.